The highest BCUT2D eigenvalue weighted by atomic mass is 32.1. The molecule has 0 aliphatic rings. The van der Waals surface area contributed by atoms with Crippen molar-refractivity contribution in [3.63, 3.8) is 0 Å². The Labute approximate surface area is 106 Å². The first-order valence-corrected chi connectivity index (χ1v) is 5.42. The van der Waals surface area contributed by atoms with Crippen molar-refractivity contribution >= 4 is 12.6 Å². The van der Waals surface area contributed by atoms with Gasteiger partial charge in [-0.1, -0.05) is 12.1 Å². The average molecular weight is 271 g/mol. The van der Waals surface area contributed by atoms with E-state index in [9.17, 15) is 18.0 Å². The number of thiol groups is 1. The number of nitrogens with one attached hydrogen (secondary N) is 1. The van der Waals surface area contributed by atoms with E-state index < -0.39 is 17.3 Å². The van der Waals surface area contributed by atoms with Crippen molar-refractivity contribution in [3.05, 3.63) is 52.3 Å². The molecule has 6 heteroatoms. The molecule has 2 rings (SSSR count). The van der Waals surface area contributed by atoms with Crippen LogP contribution >= 0.6 is 12.6 Å². The standard InChI is InChI=1S/C12H8F3NOS/c13-12(14,15)8-5-10(16-11(17)6-8)7-1-3-9(18)4-2-7/h1-6,18H,(H,16,17). The molecular weight excluding hydrogens is 263 g/mol. The van der Waals surface area contributed by atoms with Crippen LogP contribution in [0, 0.1) is 0 Å². The smallest absolute Gasteiger partial charge is 0.322 e. The van der Waals surface area contributed by atoms with Crippen LogP contribution in [0.25, 0.3) is 11.3 Å². The lowest BCUT2D eigenvalue weighted by atomic mass is 10.1. The maximum Gasteiger partial charge on any atom is 0.416 e. The van der Waals surface area contributed by atoms with Crippen molar-refractivity contribution < 1.29 is 13.2 Å². The highest BCUT2D eigenvalue weighted by Gasteiger charge is 2.31. The molecule has 0 fully saturated rings. The minimum absolute atomic E-state index is 0.128. The molecule has 0 aliphatic carbocycles. The van der Waals surface area contributed by atoms with Crippen molar-refractivity contribution in [1.29, 1.82) is 0 Å². The van der Waals surface area contributed by atoms with E-state index in [-0.39, 0.29) is 5.69 Å². The number of pyridine rings is 1. The molecule has 0 bridgehead atoms. The minimum Gasteiger partial charge on any atom is -0.322 e. The van der Waals surface area contributed by atoms with E-state index in [1.807, 2.05) is 0 Å². The summed E-state index contributed by atoms with van der Waals surface area (Å²) in [5.41, 5.74) is -1.12. The summed E-state index contributed by atoms with van der Waals surface area (Å²) in [4.78, 5) is 14.3. The highest BCUT2D eigenvalue weighted by molar-refractivity contribution is 7.80. The highest BCUT2D eigenvalue weighted by Crippen LogP contribution is 2.30. The fourth-order valence-corrected chi connectivity index (χ4v) is 1.65. The Balaban J connectivity index is 2.55. The third-order valence-electron chi connectivity index (χ3n) is 2.35. The fraction of sp³-hybridized carbons (Fsp3) is 0.0833. The Morgan fingerprint density at radius 2 is 1.67 bits per heavy atom. The Morgan fingerprint density at radius 3 is 2.22 bits per heavy atom. The predicted molar refractivity (Wildman–Crippen MR) is 64.8 cm³/mol. The fourth-order valence-electron chi connectivity index (χ4n) is 1.50. The first-order chi connectivity index (χ1) is 8.36. The molecule has 0 spiro atoms. The summed E-state index contributed by atoms with van der Waals surface area (Å²) < 4.78 is 37.7. The monoisotopic (exact) mass is 271 g/mol. The second kappa shape index (κ2) is 4.53. The van der Waals surface area contributed by atoms with Gasteiger partial charge in [0.2, 0.25) is 5.56 Å². The van der Waals surface area contributed by atoms with Crippen LogP contribution in [0.5, 0.6) is 0 Å². The van der Waals surface area contributed by atoms with Gasteiger partial charge in [-0.15, -0.1) is 12.6 Å². The number of benzene rings is 1. The summed E-state index contributed by atoms with van der Waals surface area (Å²) in [7, 11) is 0. The van der Waals surface area contributed by atoms with Crippen LogP contribution in [0.1, 0.15) is 5.56 Å². The van der Waals surface area contributed by atoms with Crippen molar-refractivity contribution in [3.8, 4) is 11.3 Å². The van der Waals surface area contributed by atoms with Gasteiger partial charge in [0.15, 0.2) is 0 Å². The van der Waals surface area contributed by atoms with Crippen molar-refractivity contribution in [2.24, 2.45) is 0 Å². The lowest BCUT2D eigenvalue weighted by Gasteiger charge is -2.08. The molecule has 0 saturated carbocycles. The number of rotatable bonds is 1. The van der Waals surface area contributed by atoms with Gasteiger partial charge in [0.25, 0.3) is 0 Å². The van der Waals surface area contributed by atoms with Crippen LogP contribution in [0.15, 0.2) is 46.1 Å². The first kappa shape index (κ1) is 12.8. The Bertz CT molecular complexity index is 616. The quantitative estimate of drug-likeness (QED) is 0.766. The molecule has 94 valence electrons. The van der Waals surface area contributed by atoms with Gasteiger partial charge in [-0.2, -0.15) is 13.2 Å². The largest absolute Gasteiger partial charge is 0.416 e. The third kappa shape index (κ3) is 2.76. The minimum atomic E-state index is -4.54. The topological polar surface area (TPSA) is 32.9 Å². The Morgan fingerprint density at radius 1 is 1.06 bits per heavy atom. The van der Waals surface area contributed by atoms with E-state index in [4.69, 9.17) is 0 Å². The van der Waals surface area contributed by atoms with E-state index in [1.165, 1.54) is 0 Å². The molecule has 0 amide bonds. The summed E-state index contributed by atoms with van der Waals surface area (Å²) in [5, 5.41) is 0. The maximum absolute atomic E-state index is 12.6. The maximum atomic E-state index is 12.6. The van der Waals surface area contributed by atoms with E-state index >= 15 is 0 Å². The van der Waals surface area contributed by atoms with Crippen molar-refractivity contribution in [1.82, 2.24) is 4.98 Å². The number of halogens is 3. The van der Waals surface area contributed by atoms with Crippen LogP contribution in [0.4, 0.5) is 13.2 Å². The van der Waals surface area contributed by atoms with Crippen molar-refractivity contribution in [2.75, 3.05) is 0 Å². The van der Waals surface area contributed by atoms with Gasteiger partial charge >= 0.3 is 6.18 Å². The SMILES string of the molecule is O=c1cc(C(F)(F)F)cc(-c2ccc(S)cc2)[nH]1. The third-order valence-corrected chi connectivity index (χ3v) is 2.65. The van der Waals surface area contributed by atoms with E-state index in [2.05, 4.69) is 17.6 Å². The van der Waals surface area contributed by atoms with Gasteiger partial charge in [-0.05, 0) is 23.8 Å². The van der Waals surface area contributed by atoms with E-state index in [0.717, 1.165) is 6.07 Å². The van der Waals surface area contributed by atoms with Gasteiger partial charge < -0.3 is 4.98 Å². The Hall–Kier alpha value is -1.69. The van der Waals surface area contributed by atoms with Gasteiger partial charge in [0.05, 0.1) is 5.56 Å². The number of hydrogen-bond acceptors (Lipinski definition) is 2. The summed E-state index contributed by atoms with van der Waals surface area (Å²) >= 11 is 4.08. The molecule has 0 unspecified atom stereocenters. The molecule has 1 aromatic carbocycles. The van der Waals surface area contributed by atoms with Gasteiger partial charge in [0.1, 0.15) is 0 Å². The zero-order valence-electron chi connectivity index (χ0n) is 8.95. The second-order valence-corrected chi connectivity index (χ2v) is 4.21. The van der Waals surface area contributed by atoms with E-state index in [0.29, 0.717) is 16.5 Å². The number of hydrogen-bond donors (Lipinski definition) is 2. The van der Waals surface area contributed by atoms with Crippen molar-refractivity contribution in [2.45, 2.75) is 11.1 Å². The molecule has 18 heavy (non-hydrogen) atoms. The zero-order chi connectivity index (χ0) is 13.3. The van der Waals surface area contributed by atoms with Crippen LogP contribution in [0.2, 0.25) is 0 Å². The molecule has 1 N–H and O–H groups in total. The molecule has 1 aromatic heterocycles. The molecule has 1 heterocycles. The van der Waals surface area contributed by atoms with Crippen LogP contribution in [-0.4, -0.2) is 4.98 Å². The van der Waals surface area contributed by atoms with E-state index in [1.54, 1.807) is 24.3 Å². The molecule has 0 saturated heterocycles. The molecule has 2 nitrogen and oxygen atoms in total. The summed E-state index contributed by atoms with van der Waals surface area (Å²) in [5.74, 6) is 0. The normalized spacial score (nSPS) is 11.6. The van der Waals surface area contributed by atoms with Gasteiger partial charge in [-0.3, -0.25) is 4.79 Å². The zero-order valence-corrected chi connectivity index (χ0v) is 9.85. The van der Waals surface area contributed by atoms with Gasteiger partial charge in [-0.25, -0.2) is 0 Å². The second-order valence-electron chi connectivity index (χ2n) is 3.69. The molecule has 2 aromatic rings. The number of H-pyrrole nitrogens is 1. The first-order valence-electron chi connectivity index (χ1n) is 4.97. The summed E-state index contributed by atoms with van der Waals surface area (Å²) in [6.07, 6.45) is -4.54. The Kier molecular flexibility index (Phi) is 3.21. The lowest BCUT2D eigenvalue weighted by molar-refractivity contribution is -0.137. The molecule has 0 radical (unpaired) electrons. The van der Waals surface area contributed by atoms with Crippen LogP contribution < -0.4 is 5.56 Å². The average Bonchev–Trinajstić information content (AvgIpc) is 2.28. The van der Waals surface area contributed by atoms with Gasteiger partial charge in [0, 0.05) is 16.7 Å². The van der Waals surface area contributed by atoms with Crippen LogP contribution in [-0.2, 0) is 6.18 Å². The summed E-state index contributed by atoms with van der Waals surface area (Å²) in [6, 6.07) is 7.90. The lowest BCUT2D eigenvalue weighted by Crippen LogP contribution is -2.13. The molecule has 0 aliphatic heterocycles. The number of aromatic amines is 1. The molecule has 0 atom stereocenters. The van der Waals surface area contributed by atoms with Crippen LogP contribution in [0.3, 0.4) is 0 Å². The number of alkyl halides is 3. The summed E-state index contributed by atoms with van der Waals surface area (Å²) in [6.45, 7) is 0. The molecular formula is C12H8F3NOS. The number of aromatic nitrogens is 1. The predicted octanol–water partition coefficient (Wildman–Crippen LogP) is 3.35.